The maximum absolute atomic E-state index is 12.4. The minimum absolute atomic E-state index is 0.0184. The van der Waals surface area contributed by atoms with Crippen LogP contribution in [-0.2, 0) is 27.1 Å². The van der Waals surface area contributed by atoms with Gasteiger partial charge in [0.1, 0.15) is 0 Å². The highest BCUT2D eigenvalue weighted by Gasteiger charge is 2.22. The number of benzene rings is 1. The fraction of sp³-hybridized carbons (Fsp3) is 0.579. The summed E-state index contributed by atoms with van der Waals surface area (Å²) in [5.41, 5.74) is 1.51. The summed E-state index contributed by atoms with van der Waals surface area (Å²) in [5, 5.41) is 5.74. The van der Waals surface area contributed by atoms with Gasteiger partial charge < -0.3 is 15.5 Å². The molecule has 1 heterocycles. The average molecular weight is 426 g/mol. The van der Waals surface area contributed by atoms with Crippen LogP contribution >= 0.6 is 0 Å². The molecule has 1 saturated heterocycles. The Morgan fingerprint density at radius 1 is 1.07 bits per heavy atom. The first kappa shape index (κ1) is 23.1. The SMILES string of the molecule is CCCNC(=O)CN1CCN(C(=O)NCc2cccc(CS(=O)(=O)NC)c2)CC1. The number of hydrogen-bond acceptors (Lipinski definition) is 5. The fourth-order valence-electron chi connectivity index (χ4n) is 3.04. The van der Waals surface area contributed by atoms with Gasteiger partial charge in [-0.05, 0) is 24.6 Å². The van der Waals surface area contributed by atoms with E-state index in [2.05, 4.69) is 15.4 Å². The van der Waals surface area contributed by atoms with Crippen molar-refractivity contribution >= 4 is 22.0 Å². The zero-order valence-corrected chi connectivity index (χ0v) is 17.9. The summed E-state index contributed by atoms with van der Waals surface area (Å²) in [6, 6.07) is 7.00. The fourth-order valence-corrected chi connectivity index (χ4v) is 3.81. The molecule has 0 bridgehead atoms. The standard InChI is InChI=1S/C19H31N5O4S/c1-3-7-21-18(25)14-23-8-10-24(11-9-23)19(26)22-13-16-5-4-6-17(12-16)15-29(27,28)20-2/h4-6,12,20H,3,7-11,13-15H2,1-2H3,(H,21,25)(H,22,26). The second-order valence-corrected chi connectivity index (χ2v) is 8.98. The maximum atomic E-state index is 12.4. The highest BCUT2D eigenvalue weighted by molar-refractivity contribution is 7.88. The van der Waals surface area contributed by atoms with Crippen molar-refractivity contribution in [1.82, 2.24) is 25.2 Å². The summed E-state index contributed by atoms with van der Waals surface area (Å²) in [4.78, 5) is 28.0. The van der Waals surface area contributed by atoms with E-state index in [4.69, 9.17) is 0 Å². The zero-order valence-electron chi connectivity index (χ0n) is 17.1. The van der Waals surface area contributed by atoms with E-state index in [1.165, 1.54) is 7.05 Å². The van der Waals surface area contributed by atoms with Gasteiger partial charge in [0.25, 0.3) is 0 Å². The Hall–Kier alpha value is -2.17. The molecular weight excluding hydrogens is 394 g/mol. The normalized spacial score (nSPS) is 15.2. The molecule has 0 saturated carbocycles. The number of nitrogens with one attached hydrogen (secondary N) is 3. The highest BCUT2D eigenvalue weighted by Crippen LogP contribution is 2.09. The number of carbonyl (C=O) groups excluding carboxylic acids is 2. The summed E-state index contributed by atoms with van der Waals surface area (Å²) in [6.45, 7) is 5.82. The van der Waals surface area contributed by atoms with Crippen molar-refractivity contribution in [2.75, 3.05) is 46.3 Å². The van der Waals surface area contributed by atoms with Crippen LogP contribution in [0.2, 0.25) is 0 Å². The minimum Gasteiger partial charge on any atom is -0.355 e. The molecule has 0 atom stereocenters. The molecule has 162 valence electrons. The zero-order chi connectivity index (χ0) is 21.3. The van der Waals surface area contributed by atoms with Crippen LogP contribution in [0.15, 0.2) is 24.3 Å². The molecule has 3 N–H and O–H groups in total. The van der Waals surface area contributed by atoms with E-state index in [9.17, 15) is 18.0 Å². The molecule has 1 fully saturated rings. The topological polar surface area (TPSA) is 111 Å². The van der Waals surface area contributed by atoms with Crippen LogP contribution in [0.25, 0.3) is 0 Å². The lowest BCUT2D eigenvalue weighted by Crippen LogP contribution is -2.53. The molecule has 0 radical (unpaired) electrons. The van der Waals surface area contributed by atoms with Crippen molar-refractivity contribution in [1.29, 1.82) is 0 Å². The second kappa shape index (κ2) is 11.1. The summed E-state index contributed by atoms with van der Waals surface area (Å²) >= 11 is 0. The molecule has 2 rings (SSSR count). The van der Waals surface area contributed by atoms with Gasteiger partial charge >= 0.3 is 6.03 Å². The van der Waals surface area contributed by atoms with Crippen molar-refractivity contribution in [3.05, 3.63) is 35.4 Å². The van der Waals surface area contributed by atoms with Crippen LogP contribution in [0.1, 0.15) is 24.5 Å². The van der Waals surface area contributed by atoms with Crippen molar-refractivity contribution in [2.45, 2.75) is 25.6 Å². The maximum Gasteiger partial charge on any atom is 0.317 e. The Morgan fingerprint density at radius 3 is 2.41 bits per heavy atom. The number of nitrogens with zero attached hydrogens (tertiary/aromatic N) is 2. The predicted molar refractivity (Wildman–Crippen MR) is 112 cm³/mol. The number of rotatable bonds is 9. The van der Waals surface area contributed by atoms with Gasteiger partial charge in [0.2, 0.25) is 15.9 Å². The van der Waals surface area contributed by atoms with Crippen molar-refractivity contribution in [3.63, 3.8) is 0 Å². The van der Waals surface area contributed by atoms with E-state index >= 15 is 0 Å². The third-order valence-electron chi connectivity index (χ3n) is 4.70. The van der Waals surface area contributed by atoms with Gasteiger partial charge in [0.15, 0.2) is 0 Å². The van der Waals surface area contributed by atoms with Gasteiger partial charge in [0, 0.05) is 39.3 Å². The monoisotopic (exact) mass is 425 g/mol. The minimum atomic E-state index is -3.34. The Kier molecular flexibility index (Phi) is 8.87. The number of piperazine rings is 1. The first-order chi connectivity index (χ1) is 13.8. The molecule has 0 unspecified atom stereocenters. The molecule has 0 spiro atoms. The molecular formula is C19H31N5O4S. The Balaban J connectivity index is 1.77. The van der Waals surface area contributed by atoms with Gasteiger partial charge in [-0.15, -0.1) is 0 Å². The van der Waals surface area contributed by atoms with Crippen LogP contribution in [-0.4, -0.2) is 76.5 Å². The molecule has 9 nitrogen and oxygen atoms in total. The van der Waals surface area contributed by atoms with Crippen molar-refractivity contribution < 1.29 is 18.0 Å². The van der Waals surface area contributed by atoms with Gasteiger partial charge in [-0.1, -0.05) is 31.2 Å². The molecule has 1 aromatic rings. The Morgan fingerprint density at radius 2 is 1.76 bits per heavy atom. The number of hydrogen-bond donors (Lipinski definition) is 3. The third-order valence-corrected chi connectivity index (χ3v) is 6.04. The van der Waals surface area contributed by atoms with E-state index in [1.54, 1.807) is 23.1 Å². The number of urea groups is 1. The highest BCUT2D eigenvalue weighted by atomic mass is 32.2. The Bertz CT molecular complexity index is 792. The van der Waals surface area contributed by atoms with Crippen LogP contribution in [0.5, 0.6) is 0 Å². The molecule has 1 aromatic carbocycles. The summed E-state index contributed by atoms with van der Waals surface area (Å²) < 4.78 is 25.7. The van der Waals surface area contributed by atoms with Crippen molar-refractivity contribution in [2.24, 2.45) is 0 Å². The molecule has 0 aliphatic carbocycles. The van der Waals surface area contributed by atoms with Crippen molar-refractivity contribution in [3.8, 4) is 0 Å². The molecule has 10 heteroatoms. The van der Waals surface area contributed by atoms with E-state index in [1.807, 2.05) is 17.9 Å². The third kappa shape index (κ3) is 8.00. The van der Waals surface area contributed by atoms with Crippen LogP contribution < -0.4 is 15.4 Å². The second-order valence-electron chi connectivity index (χ2n) is 7.06. The lowest BCUT2D eigenvalue weighted by atomic mass is 10.1. The molecule has 29 heavy (non-hydrogen) atoms. The summed E-state index contributed by atoms with van der Waals surface area (Å²) in [6.07, 6.45) is 0.911. The lowest BCUT2D eigenvalue weighted by Gasteiger charge is -2.34. The molecule has 1 aliphatic heterocycles. The summed E-state index contributed by atoms with van der Waals surface area (Å²) in [5.74, 6) is -0.0797. The van der Waals surface area contributed by atoms with Gasteiger partial charge in [-0.25, -0.2) is 17.9 Å². The van der Waals surface area contributed by atoms with E-state index in [-0.39, 0.29) is 17.7 Å². The average Bonchev–Trinajstić information content (AvgIpc) is 2.71. The molecule has 3 amide bonds. The lowest BCUT2D eigenvalue weighted by molar-refractivity contribution is -0.122. The molecule has 0 aromatic heterocycles. The van der Waals surface area contributed by atoms with E-state index in [0.717, 1.165) is 12.0 Å². The van der Waals surface area contributed by atoms with Crippen LogP contribution in [0.4, 0.5) is 4.79 Å². The Labute approximate surface area is 172 Å². The summed E-state index contributed by atoms with van der Waals surface area (Å²) in [7, 11) is -1.95. The molecule has 1 aliphatic rings. The van der Waals surface area contributed by atoms with Crippen LogP contribution in [0.3, 0.4) is 0 Å². The largest absolute Gasteiger partial charge is 0.355 e. The number of sulfonamides is 1. The van der Waals surface area contributed by atoms with E-state index in [0.29, 0.717) is 51.4 Å². The number of carbonyl (C=O) groups is 2. The first-order valence-corrected chi connectivity index (χ1v) is 11.5. The van der Waals surface area contributed by atoms with E-state index < -0.39 is 10.0 Å². The predicted octanol–water partition coefficient (Wildman–Crippen LogP) is 0.0892. The quantitative estimate of drug-likeness (QED) is 0.519. The van der Waals surface area contributed by atoms with Crippen LogP contribution in [0, 0.1) is 0 Å². The first-order valence-electron chi connectivity index (χ1n) is 9.84. The van der Waals surface area contributed by atoms with Gasteiger partial charge in [0.05, 0.1) is 12.3 Å². The number of amides is 3. The van der Waals surface area contributed by atoms with Gasteiger partial charge in [-0.3, -0.25) is 9.69 Å². The van der Waals surface area contributed by atoms with Gasteiger partial charge in [-0.2, -0.15) is 0 Å². The smallest absolute Gasteiger partial charge is 0.317 e.